The van der Waals surface area contributed by atoms with Crippen LogP contribution in [0.5, 0.6) is 0 Å². The summed E-state index contributed by atoms with van der Waals surface area (Å²) in [6.45, 7) is 4.34. The fraction of sp³-hybridized carbons (Fsp3) is 0.500. The summed E-state index contributed by atoms with van der Waals surface area (Å²) in [6, 6.07) is 3.27. The zero-order valence-corrected chi connectivity index (χ0v) is 9.98. The average Bonchev–Trinajstić information content (AvgIpc) is 2.34. The van der Waals surface area contributed by atoms with Gasteiger partial charge in [0.25, 0.3) is 0 Å². The normalized spacial score (nSPS) is 10.2. The number of rotatable bonds is 8. The van der Waals surface area contributed by atoms with Crippen molar-refractivity contribution in [2.75, 3.05) is 25.1 Å². The lowest BCUT2D eigenvalue weighted by Crippen LogP contribution is -2.07. The summed E-state index contributed by atoms with van der Waals surface area (Å²) in [7, 11) is 0. The molecular weight excluding hydrogens is 220 g/mol. The Balaban J connectivity index is 2.27. The first-order valence-electron chi connectivity index (χ1n) is 5.75. The van der Waals surface area contributed by atoms with Gasteiger partial charge in [0, 0.05) is 31.6 Å². The summed E-state index contributed by atoms with van der Waals surface area (Å²) < 4.78 is 5.34. The van der Waals surface area contributed by atoms with Gasteiger partial charge in [-0.3, -0.25) is 0 Å². The van der Waals surface area contributed by atoms with Gasteiger partial charge in [0.15, 0.2) is 0 Å². The molecule has 1 aromatic heterocycles. The van der Waals surface area contributed by atoms with Crippen LogP contribution in [0.15, 0.2) is 18.3 Å². The van der Waals surface area contributed by atoms with E-state index in [9.17, 15) is 4.79 Å². The van der Waals surface area contributed by atoms with E-state index in [0.717, 1.165) is 38.3 Å². The van der Waals surface area contributed by atoms with Crippen LogP contribution in [0, 0.1) is 0 Å². The second kappa shape index (κ2) is 7.62. The third-order valence-corrected chi connectivity index (χ3v) is 2.12. The standard InChI is InChI=1S/C12H18N2O3/c1-2-7-17-8-3-5-13-10-4-6-14-11(9-10)12(15)16/h4,6,9H,2-3,5,7-8H2,1H3,(H,13,14)(H,15,16). The van der Waals surface area contributed by atoms with E-state index in [1.54, 1.807) is 6.07 Å². The van der Waals surface area contributed by atoms with Gasteiger partial charge in [-0.1, -0.05) is 6.92 Å². The van der Waals surface area contributed by atoms with Gasteiger partial charge < -0.3 is 15.2 Å². The molecule has 0 aliphatic rings. The predicted octanol–water partition coefficient (Wildman–Crippen LogP) is 2.01. The van der Waals surface area contributed by atoms with Crippen molar-refractivity contribution >= 4 is 11.7 Å². The Morgan fingerprint density at radius 1 is 1.53 bits per heavy atom. The van der Waals surface area contributed by atoms with E-state index in [2.05, 4.69) is 17.2 Å². The number of nitrogens with zero attached hydrogens (tertiary/aromatic N) is 1. The van der Waals surface area contributed by atoms with Crippen molar-refractivity contribution in [1.29, 1.82) is 0 Å². The minimum atomic E-state index is -1.01. The number of hydrogen-bond donors (Lipinski definition) is 2. The highest BCUT2D eigenvalue weighted by molar-refractivity contribution is 5.86. The highest BCUT2D eigenvalue weighted by Crippen LogP contribution is 2.07. The van der Waals surface area contributed by atoms with Crippen molar-refractivity contribution in [2.45, 2.75) is 19.8 Å². The second-order valence-electron chi connectivity index (χ2n) is 3.63. The van der Waals surface area contributed by atoms with Crippen molar-refractivity contribution in [1.82, 2.24) is 4.98 Å². The van der Waals surface area contributed by atoms with E-state index in [0.29, 0.717) is 0 Å². The molecule has 5 nitrogen and oxygen atoms in total. The summed E-state index contributed by atoms with van der Waals surface area (Å²) in [5.74, 6) is -1.01. The largest absolute Gasteiger partial charge is 0.477 e. The Morgan fingerprint density at radius 2 is 2.35 bits per heavy atom. The van der Waals surface area contributed by atoms with Crippen LogP contribution in [0.4, 0.5) is 5.69 Å². The number of aromatic nitrogens is 1. The van der Waals surface area contributed by atoms with Crippen LogP contribution in [0.25, 0.3) is 0 Å². The Morgan fingerprint density at radius 3 is 3.06 bits per heavy atom. The number of hydrogen-bond acceptors (Lipinski definition) is 4. The minimum absolute atomic E-state index is 0.0530. The lowest BCUT2D eigenvalue weighted by molar-refractivity contribution is 0.0690. The first kappa shape index (κ1) is 13.4. The number of carbonyl (C=O) groups is 1. The third kappa shape index (κ3) is 5.31. The Kier molecular flexibility index (Phi) is 6.03. The lowest BCUT2D eigenvalue weighted by Gasteiger charge is -2.07. The van der Waals surface area contributed by atoms with E-state index >= 15 is 0 Å². The van der Waals surface area contributed by atoms with Crippen LogP contribution >= 0.6 is 0 Å². The number of carboxylic acids is 1. The topological polar surface area (TPSA) is 71.5 Å². The molecule has 1 aromatic rings. The van der Waals surface area contributed by atoms with Gasteiger partial charge in [0.2, 0.25) is 0 Å². The second-order valence-corrected chi connectivity index (χ2v) is 3.63. The molecule has 0 bridgehead atoms. The minimum Gasteiger partial charge on any atom is -0.477 e. The highest BCUT2D eigenvalue weighted by atomic mass is 16.5. The molecule has 1 rings (SSSR count). The molecule has 0 saturated carbocycles. The van der Waals surface area contributed by atoms with Crippen LogP contribution in [0.1, 0.15) is 30.3 Å². The maximum Gasteiger partial charge on any atom is 0.354 e. The first-order valence-corrected chi connectivity index (χ1v) is 5.75. The zero-order chi connectivity index (χ0) is 12.5. The summed E-state index contributed by atoms with van der Waals surface area (Å²) >= 11 is 0. The van der Waals surface area contributed by atoms with E-state index < -0.39 is 5.97 Å². The molecule has 0 saturated heterocycles. The molecule has 2 N–H and O–H groups in total. The van der Waals surface area contributed by atoms with Gasteiger partial charge in [0.1, 0.15) is 5.69 Å². The molecular formula is C12H18N2O3. The molecule has 0 aromatic carbocycles. The van der Waals surface area contributed by atoms with E-state index in [-0.39, 0.29) is 5.69 Å². The molecule has 0 radical (unpaired) electrons. The van der Waals surface area contributed by atoms with Crippen molar-refractivity contribution in [2.24, 2.45) is 0 Å². The molecule has 17 heavy (non-hydrogen) atoms. The van der Waals surface area contributed by atoms with Crippen molar-refractivity contribution < 1.29 is 14.6 Å². The van der Waals surface area contributed by atoms with E-state index in [4.69, 9.17) is 9.84 Å². The third-order valence-electron chi connectivity index (χ3n) is 2.12. The van der Waals surface area contributed by atoms with Gasteiger partial charge in [-0.2, -0.15) is 0 Å². The number of carboxylic acid groups (broad SMARTS) is 1. The molecule has 0 fully saturated rings. The number of aromatic carboxylic acids is 1. The summed E-state index contributed by atoms with van der Waals surface area (Å²) in [5.41, 5.74) is 0.824. The van der Waals surface area contributed by atoms with Gasteiger partial charge in [-0.25, -0.2) is 9.78 Å². The fourth-order valence-electron chi connectivity index (χ4n) is 1.31. The molecule has 0 aliphatic heterocycles. The summed E-state index contributed by atoms with van der Waals surface area (Å²) in [4.78, 5) is 14.4. The van der Waals surface area contributed by atoms with Crippen molar-refractivity contribution in [3.8, 4) is 0 Å². The van der Waals surface area contributed by atoms with Gasteiger partial charge >= 0.3 is 5.97 Å². The Bertz CT molecular complexity index is 355. The molecule has 1 heterocycles. The van der Waals surface area contributed by atoms with Crippen LogP contribution in [-0.2, 0) is 4.74 Å². The predicted molar refractivity (Wildman–Crippen MR) is 65.4 cm³/mol. The maximum atomic E-state index is 10.7. The number of anilines is 1. The van der Waals surface area contributed by atoms with Crippen molar-refractivity contribution in [3.63, 3.8) is 0 Å². The zero-order valence-electron chi connectivity index (χ0n) is 9.98. The number of ether oxygens (including phenoxy) is 1. The van der Waals surface area contributed by atoms with Crippen molar-refractivity contribution in [3.05, 3.63) is 24.0 Å². The summed E-state index contributed by atoms with van der Waals surface area (Å²) in [5, 5.41) is 11.9. The van der Waals surface area contributed by atoms with E-state index in [1.165, 1.54) is 12.3 Å². The molecule has 0 aliphatic carbocycles. The van der Waals surface area contributed by atoms with Crippen LogP contribution in [0.3, 0.4) is 0 Å². The summed E-state index contributed by atoms with van der Waals surface area (Å²) in [6.07, 6.45) is 3.41. The average molecular weight is 238 g/mol. The molecule has 0 atom stereocenters. The van der Waals surface area contributed by atoms with Gasteiger partial charge in [-0.15, -0.1) is 0 Å². The number of nitrogens with one attached hydrogen (secondary N) is 1. The lowest BCUT2D eigenvalue weighted by atomic mass is 10.3. The quantitative estimate of drug-likeness (QED) is 0.678. The van der Waals surface area contributed by atoms with Crippen LogP contribution < -0.4 is 5.32 Å². The van der Waals surface area contributed by atoms with E-state index in [1.807, 2.05) is 0 Å². The van der Waals surface area contributed by atoms with Crippen LogP contribution in [-0.4, -0.2) is 35.8 Å². The Hall–Kier alpha value is -1.62. The van der Waals surface area contributed by atoms with Gasteiger partial charge in [-0.05, 0) is 25.0 Å². The molecule has 0 spiro atoms. The highest BCUT2D eigenvalue weighted by Gasteiger charge is 2.04. The smallest absolute Gasteiger partial charge is 0.354 e. The first-order chi connectivity index (χ1) is 8.24. The fourth-order valence-corrected chi connectivity index (χ4v) is 1.31. The number of pyridine rings is 1. The van der Waals surface area contributed by atoms with Gasteiger partial charge in [0.05, 0.1) is 0 Å². The monoisotopic (exact) mass is 238 g/mol. The Labute approximate surface area is 101 Å². The molecule has 0 amide bonds. The van der Waals surface area contributed by atoms with Crippen LogP contribution in [0.2, 0.25) is 0 Å². The maximum absolute atomic E-state index is 10.7. The SMILES string of the molecule is CCCOCCCNc1ccnc(C(=O)O)c1. The molecule has 94 valence electrons. The molecule has 0 unspecified atom stereocenters. The molecule has 5 heteroatoms.